The standard InChI is InChI=1S/C27H17F3O7/c1-34-26(33)17-8-10-18(11-9-17)36-24-23(32)20-13-12-19(15-21(20)37-25(24)27(28,29)30)35-22(31)14-7-16-5-3-2-4-6-16/h2-15H,1H3. The number of ether oxygens (including phenoxy) is 3. The number of rotatable bonds is 6. The first-order valence-electron chi connectivity index (χ1n) is 10.6. The van der Waals surface area contributed by atoms with Gasteiger partial charge in [0.25, 0.3) is 5.76 Å². The highest BCUT2D eigenvalue weighted by atomic mass is 19.4. The fourth-order valence-electron chi connectivity index (χ4n) is 3.27. The summed E-state index contributed by atoms with van der Waals surface area (Å²) in [5.74, 6) is -4.45. The van der Waals surface area contributed by atoms with E-state index in [1.807, 2.05) is 6.07 Å². The van der Waals surface area contributed by atoms with E-state index in [0.717, 1.165) is 23.8 Å². The van der Waals surface area contributed by atoms with Crippen LogP contribution in [-0.4, -0.2) is 19.0 Å². The van der Waals surface area contributed by atoms with E-state index < -0.39 is 40.6 Å². The molecule has 4 rings (SSSR count). The van der Waals surface area contributed by atoms with Gasteiger partial charge in [-0.05, 0) is 48.0 Å². The molecule has 7 nitrogen and oxygen atoms in total. The molecule has 0 aliphatic carbocycles. The first kappa shape index (κ1) is 25.2. The Balaban J connectivity index is 1.65. The summed E-state index contributed by atoms with van der Waals surface area (Å²) in [6, 6.07) is 17.3. The molecule has 0 radical (unpaired) electrons. The molecule has 0 atom stereocenters. The quantitative estimate of drug-likeness (QED) is 0.178. The Labute approximate surface area is 207 Å². The van der Waals surface area contributed by atoms with Gasteiger partial charge in [-0.25, -0.2) is 9.59 Å². The van der Waals surface area contributed by atoms with Gasteiger partial charge in [0.15, 0.2) is 0 Å². The summed E-state index contributed by atoms with van der Waals surface area (Å²) in [4.78, 5) is 36.6. The highest BCUT2D eigenvalue weighted by molar-refractivity contribution is 5.90. The summed E-state index contributed by atoms with van der Waals surface area (Å²) in [7, 11) is 1.18. The molecule has 0 bridgehead atoms. The summed E-state index contributed by atoms with van der Waals surface area (Å²) >= 11 is 0. The number of fused-ring (bicyclic) bond motifs is 1. The zero-order chi connectivity index (χ0) is 26.6. The Morgan fingerprint density at radius 1 is 0.919 bits per heavy atom. The van der Waals surface area contributed by atoms with Crippen LogP contribution < -0.4 is 14.9 Å². The number of carbonyl (C=O) groups excluding carboxylic acids is 2. The highest BCUT2D eigenvalue weighted by Gasteiger charge is 2.40. The summed E-state index contributed by atoms with van der Waals surface area (Å²) in [5, 5.41) is -0.228. The van der Waals surface area contributed by atoms with Crippen LogP contribution in [0.25, 0.3) is 17.0 Å². The number of esters is 2. The van der Waals surface area contributed by atoms with Crippen molar-refractivity contribution in [3.8, 4) is 17.2 Å². The molecule has 0 spiro atoms. The van der Waals surface area contributed by atoms with Crippen LogP contribution in [0.5, 0.6) is 17.2 Å². The van der Waals surface area contributed by atoms with Crippen molar-refractivity contribution in [1.29, 1.82) is 0 Å². The lowest BCUT2D eigenvalue weighted by molar-refractivity contribution is -0.154. The lowest BCUT2D eigenvalue weighted by Gasteiger charge is -2.13. The first-order valence-corrected chi connectivity index (χ1v) is 10.6. The second-order valence-corrected chi connectivity index (χ2v) is 7.53. The minimum atomic E-state index is -5.08. The van der Waals surface area contributed by atoms with Crippen molar-refractivity contribution in [3.63, 3.8) is 0 Å². The molecule has 10 heteroatoms. The maximum Gasteiger partial charge on any atom is 0.453 e. The number of hydrogen-bond acceptors (Lipinski definition) is 7. The van der Waals surface area contributed by atoms with Gasteiger partial charge < -0.3 is 18.6 Å². The topological polar surface area (TPSA) is 92.0 Å². The van der Waals surface area contributed by atoms with Crippen LogP contribution in [0.2, 0.25) is 0 Å². The number of hydrogen-bond donors (Lipinski definition) is 0. The number of benzene rings is 3. The molecule has 0 fully saturated rings. The van der Waals surface area contributed by atoms with Gasteiger partial charge in [-0.2, -0.15) is 13.2 Å². The second-order valence-electron chi connectivity index (χ2n) is 7.53. The van der Waals surface area contributed by atoms with Gasteiger partial charge in [0.2, 0.25) is 11.2 Å². The molecule has 3 aromatic carbocycles. The zero-order valence-electron chi connectivity index (χ0n) is 19.1. The minimum absolute atomic E-state index is 0.126. The summed E-state index contributed by atoms with van der Waals surface area (Å²) in [5.41, 5.74) is -0.668. The maximum absolute atomic E-state index is 13.8. The van der Waals surface area contributed by atoms with E-state index >= 15 is 0 Å². The number of alkyl halides is 3. The van der Waals surface area contributed by atoms with Crippen LogP contribution in [0, 0.1) is 0 Å². The van der Waals surface area contributed by atoms with Gasteiger partial charge in [0, 0.05) is 12.1 Å². The predicted molar refractivity (Wildman–Crippen MR) is 126 cm³/mol. The van der Waals surface area contributed by atoms with Crippen LogP contribution in [0.4, 0.5) is 13.2 Å². The van der Waals surface area contributed by atoms with E-state index in [0.29, 0.717) is 0 Å². The van der Waals surface area contributed by atoms with Crippen LogP contribution in [0.15, 0.2) is 88.1 Å². The molecule has 0 unspecified atom stereocenters. The van der Waals surface area contributed by atoms with Crippen molar-refractivity contribution >= 4 is 29.0 Å². The third-order valence-electron chi connectivity index (χ3n) is 5.00. The van der Waals surface area contributed by atoms with E-state index in [2.05, 4.69) is 4.74 Å². The fraction of sp³-hybridized carbons (Fsp3) is 0.0741. The van der Waals surface area contributed by atoms with Crippen molar-refractivity contribution in [1.82, 2.24) is 0 Å². The Morgan fingerprint density at radius 2 is 1.59 bits per heavy atom. The molecule has 0 N–H and O–H groups in total. The lowest BCUT2D eigenvalue weighted by atomic mass is 10.2. The average molecular weight is 510 g/mol. The zero-order valence-corrected chi connectivity index (χ0v) is 19.1. The van der Waals surface area contributed by atoms with Gasteiger partial charge in [-0.15, -0.1) is 0 Å². The smallest absolute Gasteiger partial charge is 0.453 e. The molecule has 0 saturated heterocycles. The van der Waals surface area contributed by atoms with Gasteiger partial charge in [0.1, 0.15) is 17.1 Å². The number of carbonyl (C=O) groups is 2. The second kappa shape index (κ2) is 10.4. The van der Waals surface area contributed by atoms with Crippen molar-refractivity contribution < 1.29 is 41.4 Å². The lowest BCUT2D eigenvalue weighted by Crippen LogP contribution is -2.15. The normalized spacial score (nSPS) is 11.5. The van der Waals surface area contributed by atoms with E-state index in [4.69, 9.17) is 13.9 Å². The van der Waals surface area contributed by atoms with Gasteiger partial charge in [-0.3, -0.25) is 4.79 Å². The molecule has 1 aromatic heterocycles. The molecular formula is C27H17F3O7. The molecule has 188 valence electrons. The molecule has 4 aromatic rings. The van der Waals surface area contributed by atoms with Crippen LogP contribution in [-0.2, 0) is 15.7 Å². The molecule has 0 aliphatic heterocycles. The minimum Gasteiger partial charge on any atom is -0.465 e. The fourth-order valence-corrected chi connectivity index (χ4v) is 3.27. The molecular weight excluding hydrogens is 493 g/mol. The van der Waals surface area contributed by atoms with Crippen molar-refractivity contribution in [2.45, 2.75) is 6.18 Å². The SMILES string of the molecule is COC(=O)c1ccc(Oc2c(C(F)(F)F)oc3cc(OC(=O)C=Cc4ccccc4)ccc3c2=O)cc1. The largest absolute Gasteiger partial charge is 0.465 e. The van der Waals surface area contributed by atoms with E-state index in [1.54, 1.807) is 24.3 Å². The first-order chi connectivity index (χ1) is 17.7. The molecule has 1 heterocycles. The van der Waals surface area contributed by atoms with Gasteiger partial charge >= 0.3 is 18.1 Å². The van der Waals surface area contributed by atoms with Crippen LogP contribution >= 0.6 is 0 Å². The van der Waals surface area contributed by atoms with Crippen molar-refractivity contribution in [3.05, 3.63) is 106 Å². The Morgan fingerprint density at radius 3 is 2.24 bits per heavy atom. The Hall–Kier alpha value is -4.86. The highest BCUT2D eigenvalue weighted by Crippen LogP contribution is 2.38. The molecule has 0 saturated carbocycles. The third kappa shape index (κ3) is 5.87. The summed E-state index contributed by atoms with van der Waals surface area (Å²) in [6.45, 7) is 0. The monoisotopic (exact) mass is 510 g/mol. The average Bonchev–Trinajstić information content (AvgIpc) is 2.89. The summed E-state index contributed by atoms with van der Waals surface area (Å²) in [6.07, 6.45) is -2.43. The predicted octanol–water partition coefficient (Wildman–Crippen LogP) is 6.01. The third-order valence-corrected chi connectivity index (χ3v) is 5.00. The van der Waals surface area contributed by atoms with Crippen molar-refractivity contribution in [2.24, 2.45) is 0 Å². The number of halogens is 3. The van der Waals surface area contributed by atoms with Crippen LogP contribution in [0.1, 0.15) is 21.7 Å². The molecule has 37 heavy (non-hydrogen) atoms. The summed E-state index contributed by atoms with van der Waals surface area (Å²) < 4.78 is 61.3. The number of methoxy groups -OCH3 is 1. The Kier molecular flexibility index (Phi) is 7.10. The van der Waals surface area contributed by atoms with Crippen molar-refractivity contribution in [2.75, 3.05) is 7.11 Å². The Bertz CT molecular complexity index is 1540. The maximum atomic E-state index is 13.8. The van der Waals surface area contributed by atoms with E-state index in [9.17, 15) is 27.6 Å². The van der Waals surface area contributed by atoms with Crippen LogP contribution in [0.3, 0.4) is 0 Å². The molecule has 0 aliphatic rings. The van der Waals surface area contributed by atoms with E-state index in [-0.39, 0.29) is 22.4 Å². The van der Waals surface area contributed by atoms with E-state index in [1.165, 1.54) is 43.5 Å². The van der Waals surface area contributed by atoms with Gasteiger partial charge in [0.05, 0.1) is 18.1 Å². The van der Waals surface area contributed by atoms with Gasteiger partial charge in [-0.1, -0.05) is 30.3 Å². The molecule has 0 amide bonds.